The van der Waals surface area contributed by atoms with Gasteiger partial charge in [-0.2, -0.15) is 0 Å². The number of anilines is 3. The van der Waals surface area contributed by atoms with E-state index in [0.29, 0.717) is 13.1 Å². The number of hydrogen-bond acceptors (Lipinski definition) is 5. The van der Waals surface area contributed by atoms with Crippen LogP contribution in [0.25, 0.3) is 0 Å². The molecule has 27 heavy (non-hydrogen) atoms. The van der Waals surface area contributed by atoms with Gasteiger partial charge in [-0.05, 0) is 45.2 Å². The Morgan fingerprint density at radius 1 is 1.07 bits per heavy atom. The van der Waals surface area contributed by atoms with E-state index < -0.39 is 0 Å². The Bertz CT molecular complexity index is 801. The summed E-state index contributed by atoms with van der Waals surface area (Å²) in [6.45, 7) is 9.12. The Kier molecular flexibility index (Phi) is 6.11. The number of benzene rings is 1. The van der Waals surface area contributed by atoms with Crippen molar-refractivity contribution in [3.8, 4) is 0 Å². The standard InChI is InChI=1S/C20H28N6O/c1-14-6-7-17(15(2)12-14)25-20(27)22-9-8-21-18-13-19(24-16(3)23-18)26-10-4-5-11-26/h6-7,12-13H,4-5,8-11H2,1-3H3,(H,21,23,24)(H2,22,25,27). The van der Waals surface area contributed by atoms with Gasteiger partial charge in [0.15, 0.2) is 0 Å². The molecule has 1 aromatic carbocycles. The molecule has 2 aromatic rings. The first-order valence-electron chi connectivity index (χ1n) is 9.48. The van der Waals surface area contributed by atoms with Crippen molar-refractivity contribution in [1.29, 1.82) is 0 Å². The zero-order valence-corrected chi connectivity index (χ0v) is 16.3. The number of carbonyl (C=O) groups excluding carboxylic acids is 1. The third kappa shape index (κ3) is 5.32. The molecule has 0 unspecified atom stereocenters. The average molecular weight is 368 g/mol. The molecule has 0 radical (unpaired) electrons. The van der Waals surface area contributed by atoms with Gasteiger partial charge < -0.3 is 20.9 Å². The van der Waals surface area contributed by atoms with Gasteiger partial charge in [-0.15, -0.1) is 0 Å². The van der Waals surface area contributed by atoms with Crippen LogP contribution in [0.3, 0.4) is 0 Å². The van der Waals surface area contributed by atoms with Gasteiger partial charge in [-0.3, -0.25) is 0 Å². The Hall–Kier alpha value is -2.83. The lowest BCUT2D eigenvalue weighted by Gasteiger charge is -2.18. The predicted molar refractivity (Wildman–Crippen MR) is 110 cm³/mol. The van der Waals surface area contributed by atoms with Gasteiger partial charge in [0.05, 0.1) is 0 Å². The summed E-state index contributed by atoms with van der Waals surface area (Å²) in [6.07, 6.45) is 2.43. The molecule has 0 aliphatic carbocycles. The summed E-state index contributed by atoms with van der Waals surface area (Å²) in [5, 5.41) is 9.01. The SMILES string of the molecule is Cc1ccc(NC(=O)NCCNc2cc(N3CCCC3)nc(C)n2)c(C)c1. The summed E-state index contributed by atoms with van der Waals surface area (Å²) in [4.78, 5) is 23.3. The second-order valence-corrected chi connectivity index (χ2v) is 6.98. The summed E-state index contributed by atoms with van der Waals surface area (Å²) in [5.41, 5.74) is 3.05. The highest BCUT2D eigenvalue weighted by molar-refractivity contribution is 5.90. The first kappa shape index (κ1) is 18.9. The molecule has 1 saturated heterocycles. The highest BCUT2D eigenvalue weighted by Gasteiger charge is 2.15. The van der Waals surface area contributed by atoms with Crippen molar-refractivity contribution in [3.63, 3.8) is 0 Å². The number of urea groups is 1. The van der Waals surface area contributed by atoms with E-state index in [1.54, 1.807) is 0 Å². The van der Waals surface area contributed by atoms with Crippen LogP contribution in [0.2, 0.25) is 0 Å². The summed E-state index contributed by atoms with van der Waals surface area (Å²) in [5.74, 6) is 2.52. The van der Waals surface area contributed by atoms with Crippen LogP contribution in [0.4, 0.5) is 22.1 Å². The maximum Gasteiger partial charge on any atom is 0.319 e. The monoisotopic (exact) mass is 368 g/mol. The van der Waals surface area contributed by atoms with Crippen molar-refractivity contribution in [3.05, 3.63) is 41.2 Å². The lowest BCUT2D eigenvalue weighted by Crippen LogP contribution is -2.33. The molecule has 1 aliphatic rings. The molecular formula is C20H28N6O. The van der Waals surface area contributed by atoms with E-state index in [4.69, 9.17) is 0 Å². The molecule has 1 aromatic heterocycles. The summed E-state index contributed by atoms with van der Waals surface area (Å²) < 4.78 is 0. The molecule has 2 amide bonds. The Balaban J connectivity index is 1.46. The van der Waals surface area contributed by atoms with Gasteiger partial charge in [0.25, 0.3) is 0 Å². The van der Waals surface area contributed by atoms with Crippen LogP contribution in [-0.2, 0) is 0 Å². The quantitative estimate of drug-likeness (QED) is 0.682. The zero-order chi connectivity index (χ0) is 19.2. The molecule has 0 spiro atoms. The smallest absolute Gasteiger partial charge is 0.319 e. The molecule has 1 fully saturated rings. The van der Waals surface area contributed by atoms with Crippen molar-refractivity contribution < 1.29 is 4.79 Å². The van der Waals surface area contributed by atoms with Crippen molar-refractivity contribution >= 4 is 23.4 Å². The van der Waals surface area contributed by atoms with E-state index >= 15 is 0 Å². The fraction of sp³-hybridized carbons (Fsp3) is 0.450. The number of nitrogens with zero attached hydrogens (tertiary/aromatic N) is 3. The number of nitrogens with one attached hydrogen (secondary N) is 3. The molecule has 3 N–H and O–H groups in total. The molecule has 7 nitrogen and oxygen atoms in total. The van der Waals surface area contributed by atoms with E-state index in [2.05, 4.69) is 30.8 Å². The number of rotatable bonds is 6. The van der Waals surface area contributed by atoms with Crippen molar-refractivity contribution in [2.45, 2.75) is 33.6 Å². The van der Waals surface area contributed by atoms with Crippen LogP contribution in [0, 0.1) is 20.8 Å². The topological polar surface area (TPSA) is 82.2 Å². The third-order valence-corrected chi connectivity index (χ3v) is 4.60. The Labute approximate surface area is 160 Å². The minimum Gasteiger partial charge on any atom is -0.368 e. The first-order valence-corrected chi connectivity index (χ1v) is 9.48. The van der Waals surface area contributed by atoms with E-state index in [0.717, 1.165) is 41.8 Å². The molecule has 144 valence electrons. The van der Waals surface area contributed by atoms with Crippen LogP contribution >= 0.6 is 0 Å². The summed E-state index contributed by atoms with van der Waals surface area (Å²) >= 11 is 0. The van der Waals surface area contributed by atoms with Crippen LogP contribution in [0.15, 0.2) is 24.3 Å². The van der Waals surface area contributed by atoms with Crippen molar-refractivity contribution in [2.75, 3.05) is 41.7 Å². The van der Waals surface area contributed by atoms with Crippen molar-refractivity contribution in [2.24, 2.45) is 0 Å². The van der Waals surface area contributed by atoms with E-state index in [1.165, 1.54) is 18.4 Å². The highest BCUT2D eigenvalue weighted by Crippen LogP contribution is 2.20. The number of aryl methyl sites for hydroxylation is 3. The molecule has 7 heteroatoms. The number of hydrogen-bond donors (Lipinski definition) is 3. The van der Waals surface area contributed by atoms with Crippen LogP contribution in [-0.4, -0.2) is 42.2 Å². The average Bonchev–Trinajstić information content (AvgIpc) is 3.15. The Morgan fingerprint density at radius 3 is 2.59 bits per heavy atom. The van der Waals surface area contributed by atoms with Gasteiger partial charge in [0.1, 0.15) is 17.5 Å². The second kappa shape index (κ2) is 8.70. The van der Waals surface area contributed by atoms with Crippen molar-refractivity contribution in [1.82, 2.24) is 15.3 Å². The van der Waals surface area contributed by atoms with Gasteiger partial charge in [0.2, 0.25) is 0 Å². The van der Waals surface area contributed by atoms with E-state index in [9.17, 15) is 4.79 Å². The largest absolute Gasteiger partial charge is 0.368 e. The van der Waals surface area contributed by atoms with Crippen LogP contribution in [0.1, 0.15) is 29.8 Å². The normalized spacial score (nSPS) is 13.5. The number of aromatic nitrogens is 2. The molecular weight excluding hydrogens is 340 g/mol. The summed E-state index contributed by atoms with van der Waals surface area (Å²) in [6, 6.07) is 7.73. The van der Waals surface area contributed by atoms with E-state index in [-0.39, 0.29) is 6.03 Å². The lowest BCUT2D eigenvalue weighted by atomic mass is 10.1. The molecule has 3 rings (SSSR count). The highest BCUT2D eigenvalue weighted by atomic mass is 16.2. The fourth-order valence-corrected chi connectivity index (χ4v) is 3.24. The first-order chi connectivity index (χ1) is 13.0. The molecule has 0 bridgehead atoms. The molecule has 0 atom stereocenters. The Morgan fingerprint density at radius 2 is 1.85 bits per heavy atom. The molecule has 2 heterocycles. The lowest BCUT2D eigenvalue weighted by molar-refractivity contribution is 0.252. The van der Waals surface area contributed by atoms with Gasteiger partial charge in [0, 0.05) is 37.9 Å². The van der Waals surface area contributed by atoms with Crippen LogP contribution in [0.5, 0.6) is 0 Å². The third-order valence-electron chi connectivity index (χ3n) is 4.60. The van der Waals surface area contributed by atoms with Gasteiger partial charge in [-0.25, -0.2) is 14.8 Å². The maximum atomic E-state index is 12.1. The van der Waals surface area contributed by atoms with E-state index in [1.807, 2.05) is 45.0 Å². The maximum absolute atomic E-state index is 12.1. The zero-order valence-electron chi connectivity index (χ0n) is 16.3. The van der Waals surface area contributed by atoms with Gasteiger partial charge in [-0.1, -0.05) is 17.7 Å². The number of amides is 2. The summed E-state index contributed by atoms with van der Waals surface area (Å²) in [7, 11) is 0. The van der Waals surface area contributed by atoms with Crippen LogP contribution < -0.4 is 20.9 Å². The predicted octanol–water partition coefficient (Wildman–Crippen LogP) is 3.24. The minimum absolute atomic E-state index is 0.208. The minimum atomic E-state index is -0.208. The van der Waals surface area contributed by atoms with Gasteiger partial charge >= 0.3 is 6.03 Å². The molecule has 0 saturated carbocycles. The second-order valence-electron chi connectivity index (χ2n) is 6.98. The molecule has 1 aliphatic heterocycles. The fourth-order valence-electron chi connectivity index (χ4n) is 3.24. The number of carbonyl (C=O) groups is 1.